The van der Waals surface area contributed by atoms with Crippen LogP contribution in [0.1, 0.15) is 30.1 Å². The number of aromatic nitrogens is 3. The summed E-state index contributed by atoms with van der Waals surface area (Å²) < 4.78 is 2.22. The quantitative estimate of drug-likeness (QED) is 0.906. The topological polar surface area (TPSA) is 56.7 Å². The molecule has 0 amide bonds. The fourth-order valence-electron chi connectivity index (χ4n) is 2.69. The second-order valence-corrected chi connectivity index (χ2v) is 5.28. The molecular formula is C15H20N4. The Labute approximate surface area is 113 Å². The molecule has 0 spiro atoms. The molecule has 1 aliphatic heterocycles. The zero-order valence-electron chi connectivity index (χ0n) is 11.1. The zero-order chi connectivity index (χ0) is 13.1. The standard InChI is InChI=1S/C15H20N4/c16-13-9-10-15-18-17-14(19(15)11-13)8-4-7-12-5-2-1-3-6-12/h1-3,5-6,13H,4,7-11,16H2. The second kappa shape index (κ2) is 5.53. The van der Waals surface area contributed by atoms with Gasteiger partial charge in [0.2, 0.25) is 0 Å². The van der Waals surface area contributed by atoms with E-state index < -0.39 is 0 Å². The van der Waals surface area contributed by atoms with Gasteiger partial charge in [-0.1, -0.05) is 30.3 Å². The van der Waals surface area contributed by atoms with Crippen LogP contribution in [-0.2, 0) is 25.8 Å². The smallest absolute Gasteiger partial charge is 0.133 e. The molecule has 0 saturated carbocycles. The number of aryl methyl sites for hydroxylation is 3. The van der Waals surface area contributed by atoms with Gasteiger partial charge in [0, 0.05) is 25.4 Å². The summed E-state index contributed by atoms with van der Waals surface area (Å²) in [6.07, 6.45) is 5.18. The number of rotatable bonds is 4. The molecule has 0 aliphatic carbocycles. The van der Waals surface area contributed by atoms with Gasteiger partial charge in [-0.05, 0) is 24.8 Å². The van der Waals surface area contributed by atoms with Crippen molar-refractivity contribution < 1.29 is 0 Å². The summed E-state index contributed by atoms with van der Waals surface area (Å²) in [5, 5.41) is 8.60. The van der Waals surface area contributed by atoms with E-state index in [1.54, 1.807) is 0 Å². The predicted molar refractivity (Wildman–Crippen MR) is 74.8 cm³/mol. The minimum atomic E-state index is 0.261. The first-order chi connectivity index (χ1) is 9.33. The van der Waals surface area contributed by atoms with Gasteiger partial charge in [-0.2, -0.15) is 0 Å². The van der Waals surface area contributed by atoms with Crippen molar-refractivity contribution in [2.75, 3.05) is 0 Å². The molecule has 2 heterocycles. The summed E-state index contributed by atoms with van der Waals surface area (Å²) in [5.41, 5.74) is 7.41. The number of nitrogens with zero attached hydrogens (tertiary/aromatic N) is 3. The van der Waals surface area contributed by atoms with E-state index in [1.807, 2.05) is 0 Å². The highest BCUT2D eigenvalue weighted by molar-refractivity contribution is 5.14. The summed E-state index contributed by atoms with van der Waals surface area (Å²) >= 11 is 0. The van der Waals surface area contributed by atoms with E-state index in [4.69, 9.17) is 5.73 Å². The summed E-state index contributed by atoms with van der Waals surface area (Å²) in [4.78, 5) is 0. The maximum absolute atomic E-state index is 6.02. The van der Waals surface area contributed by atoms with Crippen molar-refractivity contribution in [3.63, 3.8) is 0 Å². The number of hydrogen-bond donors (Lipinski definition) is 1. The number of fused-ring (bicyclic) bond motifs is 1. The lowest BCUT2D eigenvalue weighted by Crippen LogP contribution is -2.32. The molecule has 1 aromatic carbocycles. The Morgan fingerprint density at radius 3 is 2.84 bits per heavy atom. The second-order valence-electron chi connectivity index (χ2n) is 5.28. The van der Waals surface area contributed by atoms with Crippen LogP contribution in [0.4, 0.5) is 0 Å². The molecule has 3 rings (SSSR count). The molecule has 19 heavy (non-hydrogen) atoms. The number of nitrogens with two attached hydrogens (primary N) is 1. The van der Waals surface area contributed by atoms with Gasteiger partial charge in [0.05, 0.1) is 0 Å². The van der Waals surface area contributed by atoms with Crippen LogP contribution < -0.4 is 5.73 Å². The first-order valence-corrected chi connectivity index (χ1v) is 7.03. The van der Waals surface area contributed by atoms with Gasteiger partial charge < -0.3 is 10.3 Å². The van der Waals surface area contributed by atoms with E-state index in [0.717, 1.165) is 50.3 Å². The van der Waals surface area contributed by atoms with E-state index in [2.05, 4.69) is 45.1 Å². The van der Waals surface area contributed by atoms with Crippen LogP contribution in [0.3, 0.4) is 0 Å². The number of hydrogen-bond acceptors (Lipinski definition) is 3. The van der Waals surface area contributed by atoms with E-state index in [0.29, 0.717) is 0 Å². The van der Waals surface area contributed by atoms with Crippen molar-refractivity contribution in [2.24, 2.45) is 5.73 Å². The average Bonchev–Trinajstić information content (AvgIpc) is 2.83. The lowest BCUT2D eigenvalue weighted by Gasteiger charge is -2.20. The molecule has 1 atom stereocenters. The van der Waals surface area contributed by atoms with Crippen molar-refractivity contribution in [1.82, 2.24) is 14.8 Å². The van der Waals surface area contributed by atoms with Crippen molar-refractivity contribution in [3.8, 4) is 0 Å². The third kappa shape index (κ3) is 2.84. The Balaban J connectivity index is 1.60. The molecular weight excluding hydrogens is 236 g/mol. The lowest BCUT2D eigenvalue weighted by molar-refractivity contribution is 0.442. The van der Waals surface area contributed by atoms with Crippen molar-refractivity contribution in [3.05, 3.63) is 47.5 Å². The predicted octanol–water partition coefficient (Wildman–Crippen LogP) is 1.73. The molecule has 0 saturated heterocycles. The van der Waals surface area contributed by atoms with E-state index in [-0.39, 0.29) is 6.04 Å². The Hall–Kier alpha value is -1.68. The molecule has 100 valence electrons. The molecule has 0 fully saturated rings. The SMILES string of the molecule is NC1CCc2nnc(CCCc3ccccc3)n2C1. The minimum Gasteiger partial charge on any atom is -0.326 e. The average molecular weight is 256 g/mol. The Morgan fingerprint density at radius 2 is 2.00 bits per heavy atom. The fourth-order valence-corrected chi connectivity index (χ4v) is 2.69. The van der Waals surface area contributed by atoms with Gasteiger partial charge in [0.1, 0.15) is 11.6 Å². The summed E-state index contributed by atoms with van der Waals surface area (Å²) in [7, 11) is 0. The Morgan fingerprint density at radius 1 is 1.16 bits per heavy atom. The molecule has 4 heteroatoms. The van der Waals surface area contributed by atoms with Crippen LogP contribution in [0.25, 0.3) is 0 Å². The zero-order valence-corrected chi connectivity index (χ0v) is 11.1. The third-order valence-corrected chi connectivity index (χ3v) is 3.77. The Bertz CT molecular complexity index is 532. The molecule has 2 aromatic rings. The normalized spacial score (nSPS) is 18.3. The molecule has 4 nitrogen and oxygen atoms in total. The maximum Gasteiger partial charge on any atom is 0.133 e. The molecule has 1 aromatic heterocycles. The van der Waals surface area contributed by atoms with Crippen LogP contribution in [0.15, 0.2) is 30.3 Å². The lowest BCUT2D eigenvalue weighted by atomic mass is 10.1. The molecule has 2 N–H and O–H groups in total. The van der Waals surface area contributed by atoms with Crippen LogP contribution in [0, 0.1) is 0 Å². The van der Waals surface area contributed by atoms with Crippen molar-refractivity contribution >= 4 is 0 Å². The highest BCUT2D eigenvalue weighted by Crippen LogP contribution is 2.15. The molecule has 1 aliphatic rings. The molecule has 0 radical (unpaired) electrons. The first kappa shape index (κ1) is 12.4. The van der Waals surface area contributed by atoms with Gasteiger partial charge in [-0.25, -0.2) is 0 Å². The first-order valence-electron chi connectivity index (χ1n) is 7.03. The van der Waals surface area contributed by atoms with Gasteiger partial charge in [-0.15, -0.1) is 10.2 Å². The largest absolute Gasteiger partial charge is 0.326 e. The molecule has 1 unspecified atom stereocenters. The fraction of sp³-hybridized carbons (Fsp3) is 0.467. The molecule has 0 bridgehead atoms. The third-order valence-electron chi connectivity index (χ3n) is 3.77. The van der Waals surface area contributed by atoms with Crippen LogP contribution >= 0.6 is 0 Å². The van der Waals surface area contributed by atoms with E-state index >= 15 is 0 Å². The summed E-state index contributed by atoms with van der Waals surface area (Å²) in [6.45, 7) is 0.878. The van der Waals surface area contributed by atoms with Crippen molar-refractivity contribution in [1.29, 1.82) is 0 Å². The highest BCUT2D eigenvalue weighted by atomic mass is 15.3. The monoisotopic (exact) mass is 256 g/mol. The van der Waals surface area contributed by atoms with Gasteiger partial charge >= 0.3 is 0 Å². The minimum absolute atomic E-state index is 0.261. The summed E-state index contributed by atoms with van der Waals surface area (Å²) in [6, 6.07) is 10.8. The van der Waals surface area contributed by atoms with Gasteiger partial charge in [0.15, 0.2) is 0 Å². The van der Waals surface area contributed by atoms with Crippen molar-refractivity contribution in [2.45, 2.75) is 44.7 Å². The summed E-state index contributed by atoms with van der Waals surface area (Å²) in [5.74, 6) is 2.21. The van der Waals surface area contributed by atoms with Crippen LogP contribution in [0.2, 0.25) is 0 Å². The highest BCUT2D eigenvalue weighted by Gasteiger charge is 2.19. The van der Waals surface area contributed by atoms with E-state index in [1.165, 1.54) is 5.56 Å². The number of benzene rings is 1. The Kier molecular flexibility index (Phi) is 3.60. The van der Waals surface area contributed by atoms with Gasteiger partial charge in [-0.3, -0.25) is 0 Å². The van der Waals surface area contributed by atoms with E-state index in [9.17, 15) is 0 Å². The van der Waals surface area contributed by atoms with Crippen LogP contribution in [-0.4, -0.2) is 20.8 Å². The van der Waals surface area contributed by atoms with Gasteiger partial charge in [0.25, 0.3) is 0 Å². The van der Waals surface area contributed by atoms with Crippen LogP contribution in [0.5, 0.6) is 0 Å². The maximum atomic E-state index is 6.02.